The number of carbonyl (C=O) groups excluding carboxylic acids is 1. The van der Waals surface area contributed by atoms with Gasteiger partial charge in [-0.3, -0.25) is 9.74 Å². The van der Waals surface area contributed by atoms with Crippen LogP contribution in [-0.4, -0.2) is 56.6 Å². The Hall–Kier alpha value is -2.24. The van der Waals surface area contributed by atoms with E-state index in [0.29, 0.717) is 26.2 Å². The van der Waals surface area contributed by atoms with Gasteiger partial charge in [0, 0.05) is 31.8 Å². The average Bonchev–Trinajstić information content (AvgIpc) is 2.77. The van der Waals surface area contributed by atoms with Crippen LogP contribution in [0.4, 0.5) is 25.0 Å². The van der Waals surface area contributed by atoms with Gasteiger partial charge < -0.3 is 20.7 Å². The highest BCUT2D eigenvalue weighted by Crippen LogP contribution is 2.31. The summed E-state index contributed by atoms with van der Waals surface area (Å²) >= 11 is 4.70. The van der Waals surface area contributed by atoms with Crippen LogP contribution in [0.5, 0.6) is 0 Å². The second-order valence-electron chi connectivity index (χ2n) is 5.85. The highest BCUT2D eigenvalue weighted by Gasteiger charge is 2.33. The summed E-state index contributed by atoms with van der Waals surface area (Å²) in [6.07, 6.45) is -1.21. The average molecular weight is 387 g/mol. The Bertz CT molecular complexity index is 677. The number of carbonyl (C=O) groups is 1. The van der Waals surface area contributed by atoms with Gasteiger partial charge in [-0.15, -0.1) is 0 Å². The van der Waals surface area contributed by atoms with Crippen molar-refractivity contribution < 1.29 is 23.1 Å². The second-order valence-corrected chi connectivity index (χ2v) is 6.29. The molecule has 142 valence electrons. The lowest BCUT2D eigenvalue weighted by Gasteiger charge is -2.24. The summed E-state index contributed by atoms with van der Waals surface area (Å²) in [5, 5.41) is 2.77. The number of nitrogens with two attached hydrogens (primary N) is 1. The van der Waals surface area contributed by atoms with Crippen molar-refractivity contribution in [2.45, 2.75) is 6.10 Å². The van der Waals surface area contributed by atoms with E-state index in [4.69, 9.17) is 27.5 Å². The molecule has 2 aliphatic heterocycles. The molecule has 2 aliphatic rings. The van der Waals surface area contributed by atoms with Gasteiger partial charge >= 0.3 is 6.09 Å². The van der Waals surface area contributed by atoms with Crippen molar-refractivity contribution in [3.05, 3.63) is 23.8 Å². The summed E-state index contributed by atoms with van der Waals surface area (Å²) in [6.45, 7) is 1.84. The summed E-state index contributed by atoms with van der Waals surface area (Å²) in [5.41, 5.74) is 7.99. The van der Waals surface area contributed by atoms with E-state index < -0.39 is 23.8 Å². The Labute approximate surface area is 154 Å². The lowest BCUT2D eigenvalue weighted by atomic mass is 10.2. The number of ether oxygens (including phenoxy) is 1. The number of halogens is 2. The topological polar surface area (TPSA) is 92.1 Å². The van der Waals surface area contributed by atoms with Crippen LogP contribution >= 0.6 is 12.2 Å². The molecule has 2 saturated heterocycles. The van der Waals surface area contributed by atoms with E-state index in [-0.39, 0.29) is 29.6 Å². The van der Waals surface area contributed by atoms with Crippen molar-refractivity contribution in [2.75, 3.05) is 49.1 Å². The first kappa shape index (κ1) is 18.5. The number of anilines is 2. The zero-order chi connectivity index (χ0) is 18.7. The third-order valence-corrected chi connectivity index (χ3v) is 4.20. The molecule has 11 heteroatoms. The van der Waals surface area contributed by atoms with Gasteiger partial charge in [-0.1, -0.05) is 0 Å². The van der Waals surface area contributed by atoms with E-state index >= 15 is 0 Å². The molecule has 8 nitrogen and oxygen atoms in total. The fourth-order valence-electron chi connectivity index (χ4n) is 2.88. The van der Waals surface area contributed by atoms with E-state index in [0.717, 1.165) is 12.1 Å². The molecule has 4 N–H and O–H groups in total. The first-order chi connectivity index (χ1) is 12.5. The van der Waals surface area contributed by atoms with Crippen molar-refractivity contribution in [3.8, 4) is 0 Å². The fourth-order valence-corrected chi connectivity index (χ4v) is 2.96. The predicted octanol–water partition coefficient (Wildman–Crippen LogP) is 0.464. The molecule has 2 heterocycles. The van der Waals surface area contributed by atoms with Gasteiger partial charge in [-0.2, -0.15) is 0 Å². The molecule has 0 bridgehead atoms. The summed E-state index contributed by atoms with van der Waals surface area (Å²) in [7, 11) is 0. The van der Waals surface area contributed by atoms with Crippen molar-refractivity contribution in [1.29, 1.82) is 0 Å². The fraction of sp³-hybridized carbons (Fsp3) is 0.467. The molecule has 1 atom stereocenters. The van der Waals surface area contributed by atoms with Crippen LogP contribution in [0.2, 0.25) is 0 Å². The zero-order valence-electron chi connectivity index (χ0n) is 13.8. The number of rotatable bonds is 4. The molecule has 0 saturated carbocycles. The molecule has 0 aliphatic carbocycles. The van der Waals surface area contributed by atoms with Crippen molar-refractivity contribution in [2.24, 2.45) is 5.73 Å². The summed E-state index contributed by atoms with van der Waals surface area (Å²) in [5.74, 6) is -1.50. The van der Waals surface area contributed by atoms with E-state index in [1.165, 1.54) is 4.90 Å². The standard InChI is InChI=1S/C15H19F2N5O3S/c16-11-5-9(22-8-10(25-15(22)23)7-19-14(18)26)6-12(17)13(11)21-2-1-20-24-4-3-21/h5-6,10,20H,1-4,7-8H2,(H3,18,19,26). The predicted molar refractivity (Wildman–Crippen MR) is 94.9 cm³/mol. The Morgan fingerprint density at radius 3 is 2.81 bits per heavy atom. The minimum absolute atomic E-state index is 0.0804. The van der Waals surface area contributed by atoms with Gasteiger partial charge in [-0.05, 0) is 12.2 Å². The molecule has 2 fully saturated rings. The Morgan fingerprint density at radius 2 is 2.12 bits per heavy atom. The number of hydrogen-bond acceptors (Lipinski definition) is 6. The van der Waals surface area contributed by atoms with Crippen LogP contribution < -0.4 is 26.3 Å². The molecule has 1 aromatic rings. The monoisotopic (exact) mass is 387 g/mol. The molecule has 3 rings (SSSR count). The maximum absolute atomic E-state index is 14.6. The third kappa shape index (κ3) is 4.11. The first-order valence-electron chi connectivity index (χ1n) is 8.06. The van der Waals surface area contributed by atoms with Crippen LogP contribution in [-0.2, 0) is 9.57 Å². The largest absolute Gasteiger partial charge is 0.442 e. The van der Waals surface area contributed by atoms with Gasteiger partial charge in [0.1, 0.15) is 11.8 Å². The normalized spacial score (nSPS) is 20.7. The maximum atomic E-state index is 14.6. The van der Waals surface area contributed by atoms with Gasteiger partial charge in [0.15, 0.2) is 16.7 Å². The lowest BCUT2D eigenvalue weighted by molar-refractivity contribution is 0.0589. The summed E-state index contributed by atoms with van der Waals surface area (Å²) in [4.78, 5) is 19.8. The summed E-state index contributed by atoms with van der Waals surface area (Å²) < 4.78 is 34.3. The Morgan fingerprint density at radius 1 is 1.38 bits per heavy atom. The number of hydroxylamine groups is 1. The minimum Gasteiger partial charge on any atom is -0.442 e. The van der Waals surface area contributed by atoms with Gasteiger partial charge in [0.2, 0.25) is 0 Å². The number of hydrogen-bond donors (Lipinski definition) is 3. The number of nitrogens with zero attached hydrogens (tertiary/aromatic N) is 2. The molecule has 0 radical (unpaired) electrons. The Kier molecular flexibility index (Phi) is 5.69. The SMILES string of the molecule is NC(=S)NCC1CN(c2cc(F)c(N3CCNOCC3)c(F)c2)C(=O)O1. The molecule has 26 heavy (non-hydrogen) atoms. The number of cyclic esters (lactones) is 1. The number of amides is 1. The molecular weight excluding hydrogens is 368 g/mol. The number of nitrogens with one attached hydrogen (secondary N) is 2. The quantitative estimate of drug-likeness (QED) is 0.642. The molecular formula is C15H19F2N5O3S. The van der Waals surface area contributed by atoms with Crippen molar-refractivity contribution in [3.63, 3.8) is 0 Å². The summed E-state index contributed by atoms with van der Waals surface area (Å²) in [6, 6.07) is 2.25. The minimum atomic E-state index is -0.751. The first-order valence-corrected chi connectivity index (χ1v) is 8.46. The second kappa shape index (κ2) is 7.98. The number of thiocarbonyl (C=S) groups is 1. The van der Waals surface area contributed by atoms with Gasteiger partial charge in [0.25, 0.3) is 0 Å². The highest BCUT2D eigenvalue weighted by molar-refractivity contribution is 7.80. The Balaban J connectivity index is 1.77. The van der Waals surface area contributed by atoms with Crippen LogP contribution in [0.3, 0.4) is 0 Å². The van der Waals surface area contributed by atoms with E-state index in [9.17, 15) is 13.6 Å². The maximum Gasteiger partial charge on any atom is 0.414 e. The van der Waals surface area contributed by atoms with Gasteiger partial charge in [-0.25, -0.2) is 19.1 Å². The van der Waals surface area contributed by atoms with Gasteiger partial charge in [0.05, 0.1) is 25.4 Å². The van der Waals surface area contributed by atoms with Crippen LogP contribution in [0.1, 0.15) is 0 Å². The lowest BCUT2D eigenvalue weighted by Crippen LogP contribution is -2.37. The van der Waals surface area contributed by atoms with Crippen molar-refractivity contribution >= 4 is 34.8 Å². The van der Waals surface area contributed by atoms with Crippen molar-refractivity contribution in [1.82, 2.24) is 10.8 Å². The molecule has 0 spiro atoms. The van der Waals surface area contributed by atoms with E-state index in [1.807, 2.05) is 0 Å². The molecule has 0 aromatic heterocycles. The highest BCUT2D eigenvalue weighted by atomic mass is 32.1. The van der Waals surface area contributed by atoms with E-state index in [1.54, 1.807) is 4.90 Å². The molecule has 1 amide bonds. The van der Waals surface area contributed by atoms with Crippen LogP contribution in [0, 0.1) is 11.6 Å². The molecule has 1 aromatic carbocycles. The molecule has 1 unspecified atom stereocenters. The number of benzene rings is 1. The van der Waals surface area contributed by atoms with Crippen LogP contribution in [0.25, 0.3) is 0 Å². The van der Waals surface area contributed by atoms with E-state index in [2.05, 4.69) is 10.8 Å². The third-order valence-electron chi connectivity index (χ3n) is 4.06. The smallest absolute Gasteiger partial charge is 0.414 e. The zero-order valence-corrected chi connectivity index (χ0v) is 14.7. The van der Waals surface area contributed by atoms with Crippen LogP contribution in [0.15, 0.2) is 12.1 Å².